The number of aromatic nitrogens is 3. The van der Waals surface area contributed by atoms with Gasteiger partial charge in [-0.15, -0.1) is 0 Å². The minimum absolute atomic E-state index is 0.633. The van der Waals surface area contributed by atoms with Crippen LogP contribution >= 0.6 is 0 Å². The molecule has 276 valence electrons. The van der Waals surface area contributed by atoms with Gasteiger partial charge in [0.25, 0.3) is 0 Å². The Labute approximate surface area is 340 Å². The highest BCUT2D eigenvalue weighted by atomic mass is 16.3. The average Bonchev–Trinajstić information content (AvgIpc) is 3.84. The third-order valence-corrected chi connectivity index (χ3v) is 11.8. The van der Waals surface area contributed by atoms with Crippen molar-refractivity contribution in [3.8, 4) is 39.2 Å². The van der Waals surface area contributed by atoms with E-state index in [0.29, 0.717) is 6.42 Å². The monoisotopic (exact) mass is 753 g/mol. The fourth-order valence-electron chi connectivity index (χ4n) is 8.98. The summed E-state index contributed by atoms with van der Waals surface area (Å²) in [5.41, 5.74) is 15.8. The molecule has 0 spiro atoms. The molecule has 3 heterocycles. The Morgan fingerprint density at radius 2 is 1.05 bits per heavy atom. The summed E-state index contributed by atoms with van der Waals surface area (Å²) in [5.74, 6) is 0. The van der Waals surface area contributed by atoms with Gasteiger partial charge in [0.1, 0.15) is 11.2 Å². The number of hydrogen-bond donors (Lipinski definition) is 0. The zero-order valence-corrected chi connectivity index (χ0v) is 32.0. The predicted molar refractivity (Wildman–Crippen MR) is 244 cm³/mol. The van der Waals surface area contributed by atoms with Crippen molar-refractivity contribution in [3.63, 3.8) is 0 Å². The fraction of sp³-hybridized carbons (Fsp3) is 0.0182. The average molecular weight is 754 g/mol. The lowest BCUT2D eigenvalue weighted by molar-refractivity contribution is 0.669. The molecule has 0 amide bonds. The molecule has 4 nitrogen and oxygen atoms in total. The highest BCUT2D eigenvalue weighted by molar-refractivity contribution is 6.13. The first-order chi connectivity index (χ1) is 29.2. The smallest absolute Gasteiger partial charge is 0.136 e. The van der Waals surface area contributed by atoms with Crippen LogP contribution in [0.1, 0.15) is 11.3 Å². The molecule has 0 fully saturated rings. The lowest BCUT2D eigenvalue weighted by Crippen LogP contribution is -2.00. The van der Waals surface area contributed by atoms with E-state index in [2.05, 4.69) is 174 Å². The minimum atomic E-state index is 0.633. The van der Waals surface area contributed by atoms with Gasteiger partial charge in [-0.3, -0.25) is 0 Å². The van der Waals surface area contributed by atoms with Crippen LogP contribution in [0.4, 0.5) is 0 Å². The SMILES string of the molecule is c1ccc(-c2nc3ccccc3nc2Cc2cccc3oc4cc(-c5ccc(-c6ccc(-n7c8ccccc8c8cc9ccccc9cc87)cc6)cc5)ccc4c23)cc1. The van der Waals surface area contributed by atoms with E-state index in [1.807, 2.05) is 30.3 Å². The lowest BCUT2D eigenvalue weighted by atomic mass is 9.97. The Bertz CT molecular complexity index is 3560. The van der Waals surface area contributed by atoms with Crippen LogP contribution in [0.15, 0.2) is 205 Å². The summed E-state index contributed by atoms with van der Waals surface area (Å²) in [6, 6.07) is 71.1. The van der Waals surface area contributed by atoms with Crippen LogP contribution < -0.4 is 0 Å². The Balaban J connectivity index is 0.859. The second-order valence-corrected chi connectivity index (χ2v) is 15.3. The van der Waals surface area contributed by atoms with Gasteiger partial charge in [-0.25, -0.2) is 9.97 Å². The molecule has 0 radical (unpaired) electrons. The van der Waals surface area contributed by atoms with Gasteiger partial charge in [0.15, 0.2) is 0 Å². The van der Waals surface area contributed by atoms with Crippen molar-refractivity contribution in [2.75, 3.05) is 0 Å². The second kappa shape index (κ2) is 13.4. The number of benzene rings is 9. The van der Waals surface area contributed by atoms with Crippen molar-refractivity contribution >= 4 is 65.6 Å². The number of fused-ring (bicyclic) bond motifs is 8. The molecular weight excluding hydrogens is 719 g/mol. The molecule has 12 aromatic rings. The highest BCUT2D eigenvalue weighted by Gasteiger charge is 2.18. The van der Waals surface area contributed by atoms with E-state index < -0.39 is 0 Å². The molecule has 0 saturated heterocycles. The van der Waals surface area contributed by atoms with Crippen molar-refractivity contribution in [3.05, 3.63) is 211 Å². The van der Waals surface area contributed by atoms with Crippen LogP contribution in [-0.4, -0.2) is 14.5 Å². The number of hydrogen-bond acceptors (Lipinski definition) is 3. The van der Waals surface area contributed by atoms with Crippen LogP contribution in [0, 0.1) is 0 Å². The fourth-order valence-corrected chi connectivity index (χ4v) is 8.98. The Hall–Kier alpha value is -7.82. The molecule has 59 heavy (non-hydrogen) atoms. The molecule has 0 aliphatic carbocycles. The van der Waals surface area contributed by atoms with Crippen molar-refractivity contribution < 1.29 is 4.42 Å². The zero-order valence-electron chi connectivity index (χ0n) is 32.0. The first-order valence-electron chi connectivity index (χ1n) is 20.1. The predicted octanol–water partition coefficient (Wildman–Crippen LogP) is 14.4. The molecular formula is C55H35N3O. The second-order valence-electron chi connectivity index (χ2n) is 15.3. The summed E-state index contributed by atoms with van der Waals surface area (Å²) < 4.78 is 8.94. The maximum absolute atomic E-state index is 6.55. The van der Waals surface area contributed by atoms with E-state index in [-0.39, 0.29) is 0 Å². The summed E-state index contributed by atoms with van der Waals surface area (Å²) in [4.78, 5) is 10.3. The van der Waals surface area contributed by atoms with Gasteiger partial charge in [0.05, 0.1) is 33.5 Å². The van der Waals surface area contributed by atoms with Crippen LogP contribution in [0.2, 0.25) is 0 Å². The lowest BCUT2D eigenvalue weighted by Gasteiger charge is -2.11. The van der Waals surface area contributed by atoms with Crippen LogP contribution in [0.5, 0.6) is 0 Å². The quantitative estimate of drug-likeness (QED) is 0.170. The number of para-hydroxylation sites is 3. The molecule has 0 atom stereocenters. The van der Waals surface area contributed by atoms with Gasteiger partial charge in [-0.2, -0.15) is 0 Å². The third-order valence-electron chi connectivity index (χ3n) is 11.8. The maximum atomic E-state index is 6.55. The van der Waals surface area contributed by atoms with E-state index in [9.17, 15) is 0 Å². The van der Waals surface area contributed by atoms with Crippen molar-refractivity contribution in [1.82, 2.24) is 14.5 Å². The van der Waals surface area contributed by atoms with Gasteiger partial charge >= 0.3 is 0 Å². The molecule has 0 bridgehead atoms. The van der Waals surface area contributed by atoms with E-state index in [0.717, 1.165) is 72.3 Å². The summed E-state index contributed by atoms with van der Waals surface area (Å²) in [6.45, 7) is 0. The zero-order chi connectivity index (χ0) is 38.9. The maximum Gasteiger partial charge on any atom is 0.136 e. The van der Waals surface area contributed by atoms with Crippen LogP contribution in [0.3, 0.4) is 0 Å². The van der Waals surface area contributed by atoms with Crippen molar-refractivity contribution in [1.29, 1.82) is 0 Å². The Morgan fingerprint density at radius 1 is 0.407 bits per heavy atom. The molecule has 0 aliphatic heterocycles. The normalized spacial score (nSPS) is 11.8. The number of nitrogens with zero attached hydrogens (tertiary/aromatic N) is 3. The topological polar surface area (TPSA) is 43.9 Å². The van der Waals surface area contributed by atoms with E-state index in [4.69, 9.17) is 14.4 Å². The Morgan fingerprint density at radius 3 is 1.85 bits per heavy atom. The first-order valence-corrected chi connectivity index (χ1v) is 20.1. The van der Waals surface area contributed by atoms with Crippen molar-refractivity contribution in [2.45, 2.75) is 6.42 Å². The van der Waals surface area contributed by atoms with Gasteiger partial charge in [-0.05, 0) is 99.3 Å². The Kier molecular flexibility index (Phi) is 7.57. The standard InChI is InChI=1S/C55H35N3O/c1-2-11-38(12-3-1)55-49(56-47-17-7-8-18-48(47)57-55)32-42-15-10-20-52-54(42)45-30-27-41(34-53(45)59-52)37-23-21-35(22-24-37)36-25-28-43(29-26-36)58-50-19-9-6-16-44(50)46-31-39-13-4-5-14-40(39)33-51(46)58/h1-31,33-34H,32H2. The number of furan rings is 1. The van der Waals surface area contributed by atoms with Crippen molar-refractivity contribution in [2.24, 2.45) is 0 Å². The molecule has 0 unspecified atom stereocenters. The molecule has 4 heteroatoms. The number of rotatable bonds is 6. The third kappa shape index (κ3) is 5.60. The highest BCUT2D eigenvalue weighted by Crippen LogP contribution is 2.38. The summed E-state index contributed by atoms with van der Waals surface area (Å²) in [6.07, 6.45) is 0.633. The van der Waals surface area contributed by atoms with Crippen LogP contribution in [0.25, 0.3) is 105 Å². The summed E-state index contributed by atoms with van der Waals surface area (Å²) in [5, 5.41) is 7.26. The summed E-state index contributed by atoms with van der Waals surface area (Å²) in [7, 11) is 0. The molecule has 0 aliphatic rings. The largest absolute Gasteiger partial charge is 0.456 e. The molecule has 12 rings (SSSR count). The van der Waals surface area contributed by atoms with E-state index in [1.54, 1.807) is 0 Å². The van der Waals surface area contributed by atoms with Gasteiger partial charge in [0.2, 0.25) is 0 Å². The summed E-state index contributed by atoms with van der Waals surface area (Å²) >= 11 is 0. The van der Waals surface area contributed by atoms with E-state index in [1.165, 1.54) is 43.7 Å². The molecule has 0 saturated carbocycles. The molecule has 3 aromatic heterocycles. The van der Waals surface area contributed by atoms with Crippen LogP contribution in [-0.2, 0) is 6.42 Å². The minimum Gasteiger partial charge on any atom is -0.456 e. The van der Waals surface area contributed by atoms with Gasteiger partial charge in [-0.1, -0.05) is 140 Å². The van der Waals surface area contributed by atoms with Gasteiger partial charge < -0.3 is 8.98 Å². The van der Waals surface area contributed by atoms with E-state index >= 15 is 0 Å². The molecule has 0 N–H and O–H groups in total. The first kappa shape index (κ1) is 33.3. The van der Waals surface area contributed by atoms with Gasteiger partial charge in [0, 0.05) is 39.2 Å². The molecule has 9 aromatic carbocycles.